The first-order chi connectivity index (χ1) is 14.0. The molecule has 0 aromatic carbocycles. The minimum Gasteiger partial charge on any atom is -0.443 e. The zero-order valence-electron chi connectivity index (χ0n) is 19.8. The van der Waals surface area contributed by atoms with Crippen molar-refractivity contribution in [3.05, 3.63) is 11.6 Å². The number of allylic oxidation sites excluding steroid dienone is 1. The predicted octanol–water partition coefficient (Wildman–Crippen LogP) is 2.89. The highest BCUT2D eigenvalue weighted by Gasteiger charge is 2.72. The largest absolute Gasteiger partial charge is 0.443 e. The van der Waals surface area contributed by atoms with E-state index in [9.17, 15) is 4.79 Å². The second kappa shape index (κ2) is 8.77. The predicted molar refractivity (Wildman–Crippen MR) is 115 cm³/mol. The number of hydrogen-bond donors (Lipinski definition) is 1. The summed E-state index contributed by atoms with van der Waals surface area (Å²) in [4.78, 5) is 12.4. The van der Waals surface area contributed by atoms with Crippen LogP contribution in [0.25, 0.3) is 0 Å². The van der Waals surface area contributed by atoms with E-state index in [0.29, 0.717) is 6.54 Å². The van der Waals surface area contributed by atoms with Gasteiger partial charge in [0.1, 0.15) is 23.4 Å². The Bertz CT molecular complexity index is 650. The number of hydrogen-bond acceptors (Lipinski definition) is 5. The second-order valence-corrected chi connectivity index (χ2v) is 10.6. The third kappa shape index (κ3) is 5.36. The van der Waals surface area contributed by atoms with Gasteiger partial charge in [0.2, 0.25) is 0 Å². The van der Waals surface area contributed by atoms with E-state index >= 15 is 0 Å². The highest BCUT2D eigenvalue weighted by molar-refractivity contribution is 5.67. The van der Waals surface area contributed by atoms with Crippen LogP contribution in [0, 0.1) is 5.92 Å². The number of nitrogens with one attached hydrogen (secondary N) is 1. The number of methoxy groups -OCH3 is 1. The van der Waals surface area contributed by atoms with Crippen LogP contribution in [0.2, 0.25) is 0 Å². The summed E-state index contributed by atoms with van der Waals surface area (Å²) < 4.78 is 24.8. The van der Waals surface area contributed by atoms with Crippen LogP contribution < -0.4 is 5.32 Å². The number of carbonyl (C=O) groups excluding carboxylic acids is 1. The molecule has 1 saturated carbocycles. The van der Waals surface area contributed by atoms with Gasteiger partial charge in [-0.3, -0.25) is 0 Å². The van der Waals surface area contributed by atoms with E-state index in [1.807, 2.05) is 0 Å². The molecule has 2 heterocycles. The Labute approximate surface area is 181 Å². The van der Waals surface area contributed by atoms with Gasteiger partial charge in [0.15, 0.2) is 0 Å². The fourth-order valence-electron chi connectivity index (χ4n) is 4.99. The fraction of sp³-hybridized carbons (Fsp3) is 0.870. The van der Waals surface area contributed by atoms with Crippen molar-refractivity contribution in [3.63, 3.8) is 0 Å². The van der Waals surface area contributed by atoms with Crippen molar-refractivity contribution >= 4 is 6.09 Å². The monoisotopic (exact) mass is 425 g/mol. The van der Waals surface area contributed by atoms with Crippen LogP contribution in [0.1, 0.15) is 46.5 Å². The van der Waals surface area contributed by atoms with Crippen molar-refractivity contribution in [2.24, 2.45) is 5.92 Å². The molecule has 2 saturated heterocycles. The average molecular weight is 426 g/mol. The molecule has 0 aromatic rings. The number of carbonyl (C=O) groups is 1. The molecule has 7 heteroatoms. The first kappa shape index (κ1) is 23.5. The van der Waals surface area contributed by atoms with E-state index in [-0.39, 0.29) is 41.5 Å². The molecule has 1 spiro atoms. The maximum atomic E-state index is 12.4. The molecule has 1 aliphatic carbocycles. The molecular formula is C23H41N2O5+. The topological polar surface area (TPSA) is 72.6 Å². The lowest BCUT2D eigenvalue weighted by molar-refractivity contribution is -0.870. The summed E-state index contributed by atoms with van der Waals surface area (Å²) in [6, 6.07) is 0. The van der Waals surface area contributed by atoms with Crippen molar-refractivity contribution in [2.75, 3.05) is 47.9 Å². The molecule has 172 valence electrons. The maximum Gasteiger partial charge on any atom is 0.407 e. The Morgan fingerprint density at radius 1 is 1.30 bits per heavy atom. The fourth-order valence-corrected chi connectivity index (χ4v) is 4.99. The Morgan fingerprint density at radius 3 is 2.57 bits per heavy atom. The molecule has 0 radical (unpaired) electrons. The van der Waals surface area contributed by atoms with Crippen LogP contribution in [0.3, 0.4) is 0 Å². The minimum absolute atomic E-state index is 0.0512. The minimum atomic E-state index is -0.363. The quantitative estimate of drug-likeness (QED) is 0.266. The van der Waals surface area contributed by atoms with E-state index < -0.39 is 0 Å². The van der Waals surface area contributed by atoms with Crippen molar-refractivity contribution in [3.8, 4) is 0 Å². The Morgan fingerprint density at radius 2 is 2.00 bits per heavy atom. The molecular weight excluding hydrogens is 384 g/mol. The summed E-state index contributed by atoms with van der Waals surface area (Å²) in [5.41, 5.74) is 0.780. The van der Waals surface area contributed by atoms with Crippen molar-refractivity contribution < 1.29 is 28.2 Å². The van der Waals surface area contributed by atoms with E-state index in [2.05, 4.69) is 53.3 Å². The van der Waals surface area contributed by atoms with E-state index in [1.165, 1.54) is 5.57 Å². The molecule has 3 fully saturated rings. The van der Waals surface area contributed by atoms with Gasteiger partial charge in [0, 0.05) is 20.1 Å². The van der Waals surface area contributed by atoms with Gasteiger partial charge in [0.25, 0.3) is 0 Å². The van der Waals surface area contributed by atoms with Crippen LogP contribution >= 0.6 is 0 Å². The summed E-state index contributed by atoms with van der Waals surface area (Å²) in [7, 11) is 8.13. The van der Waals surface area contributed by atoms with E-state index in [1.54, 1.807) is 7.11 Å². The first-order valence-corrected chi connectivity index (χ1v) is 11.2. The molecule has 3 aliphatic rings. The van der Waals surface area contributed by atoms with Crippen LogP contribution in [0.4, 0.5) is 4.79 Å². The second-order valence-electron chi connectivity index (χ2n) is 10.6. The first-order valence-electron chi connectivity index (χ1n) is 11.2. The van der Waals surface area contributed by atoms with Gasteiger partial charge < -0.3 is 28.7 Å². The Hall–Kier alpha value is -1.15. The summed E-state index contributed by atoms with van der Waals surface area (Å²) in [6.45, 7) is 8.70. The van der Waals surface area contributed by atoms with Crippen LogP contribution in [-0.4, -0.2) is 88.0 Å². The van der Waals surface area contributed by atoms with Crippen LogP contribution in [-0.2, 0) is 18.9 Å². The highest BCUT2D eigenvalue weighted by atomic mass is 16.6. The molecule has 3 rings (SSSR count). The molecule has 1 amide bonds. The van der Waals surface area contributed by atoms with Gasteiger partial charge in [-0.25, -0.2) is 4.79 Å². The third-order valence-electron chi connectivity index (χ3n) is 6.77. The van der Waals surface area contributed by atoms with Gasteiger partial charge in [-0.15, -0.1) is 0 Å². The number of ether oxygens (including phenoxy) is 4. The van der Waals surface area contributed by atoms with Crippen molar-refractivity contribution in [1.29, 1.82) is 0 Å². The molecule has 30 heavy (non-hydrogen) atoms. The maximum absolute atomic E-state index is 12.4. The molecule has 7 nitrogen and oxygen atoms in total. The Balaban J connectivity index is 1.60. The van der Waals surface area contributed by atoms with Crippen LogP contribution in [0.15, 0.2) is 11.6 Å². The SMILES string of the molecule is CO[C@H]1[C@@H]([C@@]2(C)O[C@@H]2CC=C(C)C)[C@]2(CC[C@H]1OC(=O)NCCC[N+](C)(C)C)CO2. The summed E-state index contributed by atoms with van der Waals surface area (Å²) in [5, 5.41) is 2.90. The molecule has 6 atom stereocenters. The van der Waals surface area contributed by atoms with Gasteiger partial charge in [-0.2, -0.15) is 0 Å². The number of rotatable bonds is 9. The zero-order valence-corrected chi connectivity index (χ0v) is 19.8. The standard InChI is InChI=1S/C23H40N2O5/c1-16(2)9-10-18-22(3,30-18)20-19(27-7)17(11-12-23(20)15-28-23)29-21(26)24-13-8-14-25(4,5)6/h9,17-20H,8,10-15H2,1-7H3/p+1/t17-,18-,19-,20+,22+,23+/m1/s1. The highest BCUT2D eigenvalue weighted by Crippen LogP contribution is 2.59. The number of nitrogens with zero attached hydrogens (tertiary/aromatic N) is 1. The van der Waals surface area contributed by atoms with Crippen molar-refractivity contribution in [1.82, 2.24) is 5.32 Å². The smallest absolute Gasteiger partial charge is 0.407 e. The third-order valence-corrected chi connectivity index (χ3v) is 6.77. The lowest BCUT2D eigenvalue weighted by Crippen LogP contribution is -2.56. The molecule has 0 unspecified atom stereocenters. The Kier molecular flexibility index (Phi) is 6.87. The van der Waals surface area contributed by atoms with Crippen molar-refractivity contribution in [2.45, 2.75) is 76.0 Å². The van der Waals surface area contributed by atoms with Gasteiger partial charge in [0.05, 0.1) is 46.3 Å². The number of quaternary nitrogens is 1. The summed E-state index contributed by atoms with van der Waals surface area (Å²) >= 11 is 0. The van der Waals surface area contributed by atoms with Gasteiger partial charge in [-0.05, 0) is 40.0 Å². The molecule has 1 N–H and O–H groups in total. The number of alkyl carbamates (subject to hydrolysis) is 1. The van der Waals surface area contributed by atoms with E-state index in [0.717, 1.165) is 43.3 Å². The average Bonchev–Trinajstić information content (AvgIpc) is 3.55. The zero-order chi connectivity index (χ0) is 22.2. The lowest BCUT2D eigenvalue weighted by atomic mass is 9.68. The van der Waals surface area contributed by atoms with E-state index in [4.69, 9.17) is 18.9 Å². The van der Waals surface area contributed by atoms with Gasteiger partial charge in [-0.1, -0.05) is 11.6 Å². The van der Waals surface area contributed by atoms with Crippen LogP contribution in [0.5, 0.6) is 0 Å². The number of amides is 1. The molecule has 0 aromatic heterocycles. The number of epoxide rings is 2. The van der Waals surface area contributed by atoms with Gasteiger partial charge >= 0.3 is 6.09 Å². The molecule has 0 bridgehead atoms. The normalized spacial score (nSPS) is 37.6. The summed E-state index contributed by atoms with van der Waals surface area (Å²) in [6.07, 6.45) is 4.89. The molecule has 2 aliphatic heterocycles. The summed E-state index contributed by atoms with van der Waals surface area (Å²) in [5.74, 6) is 0.0512. The lowest BCUT2D eigenvalue weighted by Gasteiger charge is -2.42.